The fraction of sp³-hybridized carbons (Fsp3) is 0.571. The Kier molecular flexibility index (Phi) is 5.30. The molecule has 1 rings (SSSR count). The van der Waals surface area contributed by atoms with Crippen molar-refractivity contribution < 1.29 is 24.2 Å². The quantitative estimate of drug-likeness (QED) is 0.468. The van der Waals surface area contributed by atoms with Crippen molar-refractivity contribution in [3.63, 3.8) is 0 Å². The molecule has 0 amide bonds. The first-order valence-corrected chi connectivity index (χ1v) is 6.32. The maximum absolute atomic E-state index is 11.8. The number of ether oxygens (including phenoxy) is 2. The summed E-state index contributed by atoms with van der Waals surface area (Å²) in [6.07, 6.45) is 0.248. The number of hydrogen-bond acceptors (Lipinski definition) is 5. The third kappa shape index (κ3) is 3.92. The molecule has 5 nitrogen and oxygen atoms in total. The average molecular weight is 268 g/mol. The van der Waals surface area contributed by atoms with Gasteiger partial charge in [-0.05, 0) is 32.3 Å². The van der Waals surface area contributed by atoms with Crippen LogP contribution in [0.25, 0.3) is 0 Å². The summed E-state index contributed by atoms with van der Waals surface area (Å²) in [6, 6.07) is 0. The molecule has 0 bridgehead atoms. The van der Waals surface area contributed by atoms with Gasteiger partial charge in [0.05, 0.1) is 6.10 Å². The van der Waals surface area contributed by atoms with Gasteiger partial charge >= 0.3 is 11.9 Å². The van der Waals surface area contributed by atoms with Gasteiger partial charge in [0, 0.05) is 17.6 Å². The molecule has 0 aromatic heterocycles. The van der Waals surface area contributed by atoms with E-state index in [9.17, 15) is 14.7 Å². The molecule has 1 saturated carbocycles. The predicted octanol–water partition coefficient (Wildman–Crippen LogP) is 1.86. The lowest BCUT2D eigenvalue weighted by atomic mass is 9.85. The summed E-state index contributed by atoms with van der Waals surface area (Å²) in [5, 5.41) is 9.47. The van der Waals surface area contributed by atoms with Crippen LogP contribution in [0.1, 0.15) is 40.0 Å². The Labute approximate surface area is 112 Å². The van der Waals surface area contributed by atoms with E-state index in [0.29, 0.717) is 30.4 Å². The molecule has 2 atom stereocenters. The van der Waals surface area contributed by atoms with E-state index in [2.05, 4.69) is 6.58 Å². The van der Waals surface area contributed by atoms with Crippen molar-refractivity contribution in [2.45, 2.75) is 52.4 Å². The minimum Gasteiger partial charge on any atom is -0.422 e. The highest BCUT2D eigenvalue weighted by Crippen LogP contribution is 2.30. The number of rotatable bonds is 5. The van der Waals surface area contributed by atoms with Gasteiger partial charge in [0.25, 0.3) is 0 Å². The van der Waals surface area contributed by atoms with E-state index in [0.717, 1.165) is 0 Å². The van der Waals surface area contributed by atoms with Crippen molar-refractivity contribution in [2.75, 3.05) is 0 Å². The SMILES string of the molecule is C=C(C)C(=O)OC(CC)OC(=O)/C(C)=C1/CCC1O. The lowest BCUT2D eigenvalue weighted by Gasteiger charge is -2.27. The molecule has 2 unspecified atom stereocenters. The van der Waals surface area contributed by atoms with Crippen LogP contribution in [0.2, 0.25) is 0 Å². The molecule has 1 N–H and O–H groups in total. The van der Waals surface area contributed by atoms with E-state index >= 15 is 0 Å². The Morgan fingerprint density at radius 2 is 1.95 bits per heavy atom. The maximum Gasteiger partial charge on any atom is 0.336 e. The van der Waals surface area contributed by atoms with Crippen molar-refractivity contribution in [2.24, 2.45) is 0 Å². The summed E-state index contributed by atoms with van der Waals surface area (Å²) >= 11 is 0. The Bertz CT molecular complexity index is 422. The molecule has 0 saturated heterocycles. The smallest absolute Gasteiger partial charge is 0.336 e. The number of hydrogen-bond donors (Lipinski definition) is 1. The van der Waals surface area contributed by atoms with Gasteiger partial charge in [-0.1, -0.05) is 13.5 Å². The zero-order valence-corrected chi connectivity index (χ0v) is 11.6. The lowest BCUT2D eigenvalue weighted by molar-refractivity contribution is -0.182. The van der Waals surface area contributed by atoms with E-state index < -0.39 is 24.3 Å². The Morgan fingerprint density at radius 1 is 1.37 bits per heavy atom. The summed E-state index contributed by atoms with van der Waals surface area (Å²) in [7, 11) is 0. The van der Waals surface area contributed by atoms with E-state index in [1.165, 1.54) is 6.92 Å². The normalized spacial score (nSPS) is 22.0. The van der Waals surface area contributed by atoms with Gasteiger partial charge in [0.2, 0.25) is 6.29 Å². The third-order valence-electron chi connectivity index (χ3n) is 3.04. The molecule has 0 aromatic carbocycles. The van der Waals surface area contributed by atoms with Crippen LogP contribution in [0.3, 0.4) is 0 Å². The number of aliphatic hydroxyl groups excluding tert-OH is 1. The van der Waals surface area contributed by atoms with Crippen LogP contribution in [-0.4, -0.2) is 29.4 Å². The second-order valence-electron chi connectivity index (χ2n) is 4.63. The monoisotopic (exact) mass is 268 g/mol. The topological polar surface area (TPSA) is 72.8 Å². The fourth-order valence-electron chi connectivity index (χ4n) is 1.60. The Morgan fingerprint density at radius 3 is 2.32 bits per heavy atom. The first kappa shape index (κ1) is 15.4. The molecule has 1 aliphatic rings. The molecule has 1 fully saturated rings. The molecular formula is C14H20O5. The molecule has 19 heavy (non-hydrogen) atoms. The minimum atomic E-state index is -0.926. The predicted molar refractivity (Wildman–Crippen MR) is 69.0 cm³/mol. The first-order chi connectivity index (χ1) is 8.86. The van der Waals surface area contributed by atoms with E-state index in [1.54, 1.807) is 13.8 Å². The Balaban J connectivity index is 2.61. The molecule has 1 aliphatic carbocycles. The maximum atomic E-state index is 11.8. The largest absolute Gasteiger partial charge is 0.422 e. The lowest BCUT2D eigenvalue weighted by Crippen LogP contribution is -2.28. The van der Waals surface area contributed by atoms with Gasteiger partial charge in [-0.3, -0.25) is 0 Å². The minimum absolute atomic E-state index is 0.249. The second-order valence-corrected chi connectivity index (χ2v) is 4.63. The standard InChI is InChI=1S/C14H20O5/c1-5-12(18-13(16)8(2)3)19-14(17)9(4)10-6-7-11(10)15/h11-12,15H,2,5-7H2,1,3-4H3/b10-9-. The van der Waals surface area contributed by atoms with Gasteiger partial charge in [0.1, 0.15) is 0 Å². The molecule has 0 spiro atoms. The molecule has 0 radical (unpaired) electrons. The van der Waals surface area contributed by atoms with Gasteiger partial charge < -0.3 is 14.6 Å². The molecule has 106 valence electrons. The highest BCUT2D eigenvalue weighted by Gasteiger charge is 2.28. The van der Waals surface area contributed by atoms with Crippen molar-refractivity contribution in [1.82, 2.24) is 0 Å². The van der Waals surface area contributed by atoms with Crippen molar-refractivity contribution >= 4 is 11.9 Å². The second kappa shape index (κ2) is 6.52. The van der Waals surface area contributed by atoms with Crippen molar-refractivity contribution in [1.29, 1.82) is 0 Å². The average Bonchev–Trinajstić information content (AvgIpc) is 2.35. The van der Waals surface area contributed by atoms with E-state index in [-0.39, 0.29) is 5.57 Å². The van der Waals surface area contributed by atoms with E-state index in [4.69, 9.17) is 9.47 Å². The molecule has 0 heterocycles. The number of carbonyl (C=O) groups is 2. The third-order valence-corrected chi connectivity index (χ3v) is 3.04. The molecule has 5 heteroatoms. The zero-order chi connectivity index (χ0) is 14.6. The van der Waals surface area contributed by atoms with Crippen LogP contribution < -0.4 is 0 Å². The van der Waals surface area contributed by atoms with Crippen LogP contribution >= 0.6 is 0 Å². The van der Waals surface area contributed by atoms with Gasteiger partial charge in [0.15, 0.2) is 0 Å². The summed E-state index contributed by atoms with van der Waals surface area (Å²) in [4.78, 5) is 23.2. The summed E-state index contributed by atoms with van der Waals surface area (Å²) in [5.41, 5.74) is 1.34. The van der Waals surface area contributed by atoms with Crippen LogP contribution in [0.15, 0.2) is 23.3 Å². The van der Waals surface area contributed by atoms with Crippen LogP contribution in [0.4, 0.5) is 0 Å². The molecule has 0 aliphatic heterocycles. The number of aliphatic hydroxyl groups is 1. The van der Waals surface area contributed by atoms with Crippen LogP contribution in [0.5, 0.6) is 0 Å². The highest BCUT2D eigenvalue weighted by atomic mass is 16.7. The van der Waals surface area contributed by atoms with Gasteiger partial charge in [-0.25, -0.2) is 9.59 Å². The van der Waals surface area contributed by atoms with Crippen molar-refractivity contribution in [3.05, 3.63) is 23.3 Å². The fourth-order valence-corrected chi connectivity index (χ4v) is 1.60. The first-order valence-electron chi connectivity index (χ1n) is 6.32. The molecular weight excluding hydrogens is 248 g/mol. The Hall–Kier alpha value is -1.62. The molecule has 0 aromatic rings. The number of carbonyl (C=O) groups excluding carboxylic acids is 2. The summed E-state index contributed by atoms with van der Waals surface area (Å²) < 4.78 is 10.1. The van der Waals surface area contributed by atoms with Crippen LogP contribution in [-0.2, 0) is 19.1 Å². The van der Waals surface area contributed by atoms with Crippen molar-refractivity contribution in [3.8, 4) is 0 Å². The van der Waals surface area contributed by atoms with E-state index in [1.807, 2.05) is 0 Å². The summed E-state index contributed by atoms with van der Waals surface area (Å²) in [6.45, 7) is 8.33. The van der Waals surface area contributed by atoms with Crippen LogP contribution in [0, 0.1) is 0 Å². The van der Waals surface area contributed by atoms with Gasteiger partial charge in [-0.15, -0.1) is 0 Å². The highest BCUT2D eigenvalue weighted by molar-refractivity contribution is 5.90. The van der Waals surface area contributed by atoms with Gasteiger partial charge in [-0.2, -0.15) is 0 Å². The number of esters is 2. The zero-order valence-electron chi connectivity index (χ0n) is 11.6. The summed E-state index contributed by atoms with van der Waals surface area (Å²) in [5.74, 6) is -1.15.